The summed E-state index contributed by atoms with van der Waals surface area (Å²) in [5.41, 5.74) is 4.75. The Morgan fingerprint density at radius 3 is 1.41 bits per heavy atom. The molecule has 0 fully saturated rings. The number of hydrogen-bond donors (Lipinski definition) is 0. The van der Waals surface area contributed by atoms with E-state index in [1.807, 2.05) is 12.5 Å². The van der Waals surface area contributed by atoms with Crippen molar-refractivity contribution in [1.82, 2.24) is 29.5 Å². The Morgan fingerprint density at radius 1 is 0.625 bits per heavy atom. The van der Waals surface area contributed by atoms with Crippen molar-refractivity contribution >= 4 is 23.5 Å². The van der Waals surface area contributed by atoms with E-state index < -0.39 is 0 Å². The van der Waals surface area contributed by atoms with Crippen LogP contribution in [0.1, 0.15) is 35.6 Å². The topological polar surface area (TPSA) is 61.4 Å². The van der Waals surface area contributed by atoms with Crippen LogP contribution in [0.3, 0.4) is 0 Å². The van der Waals surface area contributed by atoms with Gasteiger partial charge in [-0.25, -0.2) is 0 Å². The van der Waals surface area contributed by atoms with E-state index in [9.17, 15) is 0 Å². The van der Waals surface area contributed by atoms with Crippen LogP contribution < -0.4 is 0 Å². The highest BCUT2D eigenvalue weighted by Crippen LogP contribution is 2.25. The minimum absolute atomic E-state index is 0.871. The summed E-state index contributed by atoms with van der Waals surface area (Å²) < 4.78 is 4.39. The molecule has 4 aromatic rings. The average Bonchev–Trinajstić information content (AvgIpc) is 3.41. The minimum atomic E-state index is 0.871. The second-order valence-electron chi connectivity index (χ2n) is 7.66. The molecule has 4 rings (SSSR count). The molecular formula is C24H28N6S2. The van der Waals surface area contributed by atoms with Gasteiger partial charge in [-0.2, -0.15) is 0 Å². The maximum Gasteiger partial charge on any atom is 0.195 e. The average molecular weight is 465 g/mol. The van der Waals surface area contributed by atoms with Gasteiger partial charge in [0.2, 0.25) is 0 Å². The molecule has 2 aromatic heterocycles. The number of hydrogen-bond acceptors (Lipinski definition) is 6. The lowest BCUT2D eigenvalue weighted by Gasteiger charge is -2.13. The van der Waals surface area contributed by atoms with Gasteiger partial charge in [0.1, 0.15) is 11.6 Å². The van der Waals surface area contributed by atoms with E-state index >= 15 is 0 Å². The van der Waals surface area contributed by atoms with Crippen LogP contribution in [-0.4, -0.2) is 42.0 Å². The zero-order valence-electron chi connectivity index (χ0n) is 18.9. The van der Waals surface area contributed by atoms with Crippen molar-refractivity contribution < 1.29 is 0 Å². The molecule has 0 aliphatic rings. The van der Waals surface area contributed by atoms with Crippen molar-refractivity contribution in [3.8, 4) is 11.4 Å². The Hall–Kier alpha value is -2.58. The van der Waals surface area contributed by atoms with E-state index in [1.54, 1.807) is 23.5 Å². The maximum atomic E-state index is 4.50. The van der Waals surface area contributed by atoms with Crippen LogP contribution in [0, 0.1) is 13.8 Å². The van der Waals surface area contributed by atoms with Crippen molar-refractivity contribution in [2.75, 3.05) is 12.5 Å². The van der Waals surface area contributed by atoms with E-state index in [1.165, 1.54) is 11.1 Å². The van der Waals surface area contributed by atoms with Gasteiger partial charge in [-0.3, -0.25) is 9.13 Å². The van der Waals surface area contributed by atoms with E-state index in [4.69, 9.17) is 0 Å². The highest BCUT2D eigenvalue weighted by atomic mass is 32.2. The van der Waals surface area contributed by atoms with Gasteiger partial charge in [0.25, 0.3) is 0 Å². The molecule has 2 aromatic carbocycles. The molecule has 0 aliphatic heterocycles. The van der Waals surface area contributed by atoms with Crippen molar-refractivity contribution in [3.05, 3.63) is 71.3 Å². The van der Waals surface area contributed by atoms with Crippen molar-refractivity contribution in [1.29, 1.82) is 0 Å². The zero-order valence-corrected chi connectivity index (χ0v) is 20.6. The summed E-state index contributed by atoms with van der Waals surface area (Å²) in [5.74, 6) is 2.02. The van der Waals surface area contributed by atoms with Crippen molar-refractivity contribution in [2.45, 2.75) is 49.8 Å². The summed E-state index contributed by atoms with van der Waals surface area (Å²) in [7, 11) is 0. The normalized spacial score (nSPS) is 11.2. The van der Waals surface area contributed by atoms with E-state index in [2.05, 4.69) is 91.9 Å². The number of unbranched alkanes of at least 4 members (excludes halogenated alkanes) is 1. The molecule has 6 nitrogen and oxygen atoms in total. The SMILES string of the molecule is CSc1nnc(CCCCc2nnc(SC)n2-c2ccccc2C)n1-c1ccccc1C. The van der Waals surface area contributed by atoms with Crippen LogP contribution in [0.2, 0.25) is 0 Å². The van der Waals surface area contributed by atoms with Crippen LogP contribution in [0.15, 0.2) is 58.8 Å². The summed E-state index contributed by atoms with van der Waals surface area (Å²) in [6, 6.07) is 16.8. The number of aryl methyl sites for hydroxylation is 4. The summed E-state index contributed by atoms with van der Waals surface area (Å²) in [6.45, 7) is 4.26. The Kier molecular flexibility index (Phi) is 7.32. The fourth-order valence-corrected chi connectivity index (χ4v) is 4.89. The molecule has 32 heavy (non-hydrogen) atoms. The molecule has 0 bridgehead atoms. The predicted octanol–water partition coefficient (Wildman–Crippen LogP) is 5.47. The monoisotopic (exact) mass is 464 g/mol. The molecule has 0 atom stereocenters. The third kappa shape index (κ3) is 4.61. The molecule has 0 N–H and O–H groups in total. The van der Waals surface area contributed by atoms with Gasteiger partial charge >= 0.3 is 0 Å². The molecule has 0 spiro atoms. The third-order valence-electron chi connectivity index (χ3n) is 5.53. The van der Waals surface area contributed by atoms with Gasteiger partial charge in [-0.05, 0) is 62.5 Å². The van der Waals surface area contributed by atoms with Gasteiger partial charge in [0.05, 0.1) is 11.4 Å². The Bertz CT molecular complexity index is 1100. The first-order valence-electron chi connectivity index (χ1n) is 10.7. The highest BCUT2D eigenvalue weighted by molar-refractivity contribution is 7.98. The first-order chi connectivity index (χ1) is 15.6. The van der Waals surface area contributed by atoms with Gasteiger partial charge in [-0.1, -0.05) is 59.9 Å². The molecule has 0 saturated carbocycles. The number of nitrogens with zero attached hydrogens (tertiary/aromatic N) is 6. The number of para-hydroxylation sites is 2. The molecule has 0 unspecified atom stereocenters. The lowest BCUT2D eigenvalue weighted by molar-refractivity contribution is 0.663. The van der Waals surface area contributed by atoms with Crippen LogP contribution in [0.5, 0.6) is 0 Å². The fourth-order valence-electron chi connectivity index (χ4n) is 3.87. The summed E-state index contributed by atoms with van der Waals surface area (Å²) in [4.78, 5) is 0. The van der Waals surface area contributed by atoms with Crippen LogP contribution in [0.4, 0.5) is 0 Å². The fraction of sp³-hybridized carbons (Fsp3) is 0.333. The lowest BCUT2D eigenvalue weighted by atomic mass is 10.1. The minimum Gasteiger partial charge on any atom is -0.274 e. The number of aromatic nitrogens is 6. The summed E-state index contributed by atoms with van der Waals surface area (Å²) in [6.07, 6.45) is 7.85. The first kappa shape index (κ1) is 22.6. The van der Waals surface area contributed by atoms with Gasteiger partial charge < -0.3 is 0 Å². The van der Waals surface area contributed by atoms with Crippen LogP contribution >= 0.6 is 23.5 Å². The van der Waals surface area contributed by atoms with Crippen LogP contribution in [-0.2, 0) is 12.8 Å². The van der Waals surface area contributed by atoms with E-state index in [0.29, 0.717) is 0 Å². The molecule has 0 aliphatic carbocycles. The summed E-state index contributed by atoms with van der Waals surface area (Å²) >= 11 is 3.25. The quantitative estimate of drug-likeness (QED) is 0.242. The van der Waals surface area contributed by atoms with Gasteiger partial charge in [-0.15, -0.1) is 20.4 Å². The summed E-state index contributed by atoms with van der Waals surface area (Å²) in [5, 5.41) is 19.7. The molecule has 0 amide bonds. The molecule has 0 radical (unpaired) electrons. The number of thioether (sulfide) groups is 2. The van der Waals surface area contributed by atoms with E-state index in [0.717, 1.165) is 59.0 Å². The highest BCUT2D eigenvalue weighted by Gasteiger charge is 2.16. The van der Waals surface area contributed by atoms with Crippen LogP contribution in [0.25, 0.3) is 11.4 Å². The predicted molar refractivity (Wildman–Crippen MR) is 132 cm³/mol. The maximum absolute atomic E-state index is 4.50. The van der Waals surface area contributed by atoms with Gasteiger partial charge in [0, 0.05) is 12.8 Å². The van der Waals surface area contributed by atoms with Crippen molar-refractivity contribution in [2.24, 2.45) is 0 Å². The Morgan fingerprint density at radius 2 is 1.03 bits per heavy atom. The first-order valence-corrected chi connectivity index (χ1v) is 13.2. The van der Waals surface area contributed by atoms with Gasteiger partial charge in [0.15, 0.2) is 10.3 Å². The smallest absolute Gasteiger partial charge is 0.195 e. The Labute approximate surface area is 197 Å². The number of benzene rings is 2. The zero-order chi connectivity index (χ0) is 22.5. The third-order valence-corrected chi connectivity index (χ3v) is 6.79. The van der Waals surface area contributed by atoms with E-state index in [-0.39, 0.29) is 0 Å². The Balaban J connectivity index is 1.49. The molecule has 2 heterocycles. The molecule has 0 saturated heterocycles. The lowest BCUT2D eigenvalue weighted by Crippen LogP contribution is -2.06. The van der Waals surface area contributed by atoms with Crippen molar-refractivity contribution in [3.63, 3.8) is 0 Å². The second kappa shape index (κ2) is 10.4. The molecule has 8 heteroatoms. The number of rotatable bonds is 9. The second-order valence-corrected chi connectivity index (χ2v) is 9.20. The molecule has 166 valence electrons. The standard InChI is InChI=1S/C24H28N6S2/c1-17-11-5-7-13-19(17)29-21(25-27-23(29)31-3)15-9-10-16-22-26-28-24(32-4)30(22)20-14-8-6-12-18(20)2/h5-8,11-14H,9-10,15-16H2,1-4H3. The largest absolute Gasteiger partial charge is 0.274 e. The molecular weight excluding hydrogens is 436 g/mol.